The van der Waals surface area contributed by atoms with Crippen molar-refractivity contribution >= 4 is 5.91 Å². The van der Waals surface area contributed by atoms with Crippen molar-refractivity contribution in [3.63, 3.8) is 0 Å². The highest BCUT2D eigenvalue weighted by Gasteiger charge is 2.38. The smallest absolute Gasteiger partial charge is 0.342 e. The highest BCUT2D eigenvalue weighted by atomic mass is 19.4. The van der Waals surface area contributed by atoms with E-state index >= 15 is 0 Å². The number of amides is 1. The molecule has 0 spiro atoms. The van der Waals surface area contributed by atoms with Crippen LogP contribution in [0.15, 0.2) is 28.8 Å². The first kappa shape index (κ1) is 18.3. The average molecular weight is 371 g/mol. The molecule has 0 N–H and O–H groups in total. The molecule has 140 valence electrons. The van der Waals surface area contributed by atoms with Crippen molar-refractivity contribution in [3.05, 3.63) is 35.7 Å². The van der Waals surface area contributed by atoms with Crippen LogP contribution in [0.4, 0.5) is 13.2 Å². The minimum Gasteiger partial charge on any atom is -0.342 e. The van der Waals surface area contributed by atoms with Gasteiger partial charge in [-0.1, -0.05) is 29.4 Å². The molecule has 2 aromatic rings. The van der Waals surface area contributed by atoms with Crippen LogP contribution >= 0.6 is 0 Å². The summed E-state index contributed by atoms with van der Waals surface area (Å²) in [5, 5.41) is 3.34. The van der Waals surface area contributed by atoms with E-state index < -0.39 is 18.4 Å². The molecule has 1 aliphatic rings. The van der Waals surface area contributed by atoms with Crippen LogP contribution in [0.3, 0.4) is 0 Å². The standard InChI is InChI=1S/C16H16F3N3O4/c1-2-22(13(23)14-24-7-8-25-14)9-10-3-5-11(6-4-10)12-20-15(26-21-12)16(17,18)19/h3-6,14H,2,7-9H2,1H3. The van der Waals surface area contributed by atoms with E-state index in [0.29, 0.717) is 31.9 Å². The van der Waals surface area contributed by atoms with Crippen molar-refractivity contribution in [1.29, 1.82) is 0 Å². The van der Waals surface area contributed by atoms with Gasteiger partial charge in [0.05, 0.1) is 13.2 Å². The summed E-state index contributed by atoms with van der Waals surface area (Å²) in [5.41, 5.74) is 1.17. The minimum atomic E-state index is -4.68. The Hall–Kier alpha value is -2.46. The summed E-state index contributed by atoms with van der Waals surface area (Å²) in [7, 11) is 0. The monoisotopic (exact) mass is 371 g/mol. The topological polar surface area (TPSA) is 77.7 Å². The van der Waals surface area contributed by atoms with E-state index in [9.17, 15) is 18.0 Å². The van der Waals surface area contributed by atoms with Crippen molar-refractivity contribution in [2.75, 3.05) is 19.8 Å². The number of ether oxygens (including phenoxy) is 2. The van der Waals surface area contributed by atoms with Crippen molar-refractivity contribution in [2.24, 2.45) is 0 Å². The van der Waals surface area contributed by atoms with Crippen LogP contribution in [0.2, 0.25) is 0 Å². The van der Waals surface area contributed by atoms with Crippen molar-refractivity contribution in [3.8, 4) is 11.4 Å². The molecule has 1 amide bonds. The lowest BCUT2D eigenvalue weighted by Gasteiger charge is -2.23. The Morgan fingerprint density at radius 2 is 1.88 bits per heavy atom. The van der Waals surface area contributed by atoms with E-state index in [-0.39, 0.29) is 11.7 Å². The summed E-state index contributed by atoms with van der Waals surface area (Å²) in [6, 6.07) is 6.51. The fourth-order valence-electron chi connectivity index (χ4n) is 2.43. The quantitative estimate of drug-likeness (QED) is 0.804. The molecule has 0 bridgehead atoms. The molecule has 1 saturated heterocycles. The first-order chi connectivity index (χ1) is 12.4. The third-order valence-electron chi connectivity index (χ3n) is 3.77. The molecule has 10 heteroatoms. The molecule has 26 heavy (non-hydrogen) atoms. The van der Waals surface area contributed by atoms with Gasteiger partial charge >= 0.3 is 12.1 Å². The van der Waals surface area contributed by atoms with Crippen LogP contribution < -0.4 is 0 Å². The first-order valence-electron chi connectivity index (χ1n) is 7.90. The zero-order chi connectivity index (χ0) is 18.7. The average Bonchev–Trinajstić information content (AvgIpc) is 3.30. The lowest BCUT2D eigenvalue weighted by atomic mass is 10.1. The molecular formula is C16H16F3N3O4. The molecule has 0 radical (unpaired) electrons. The van der Waals surface area contributed by atoms with E-state index in [1.54, 1.807) is 29.2 Å². The van der Waals surface area contributed by atoms with Crippen LogP contribution in [-0.2, 0) is 27.0 Å². The van der Waals surface area contributed by atoms with E-state index in [1.807, 2.05) is 6.92 Å². The highest BCUT2D eigenvalue weighted by molar-refractivity contribution is 5.79. The second-order valence-electron chi connectivity index (χ2n) is 5.54. The molecule has 0 unspecified atom stereocenters. The van der Waals surface area contributed by atoms with Crippen LogP contribution in [0.25, 0.3) is 11.4 Å². The van der Waals surface area contributed by atoms with Gasteiger partial charge in [0.25, 0.3) is 5.91 Å². The number of carbonyl (C=O) groups excluding carboxylic acids is 1. The predicted molar refractivity (Wildman–Crippen MR) is 81.5 cm³/mol. The first-order valence-corrected chi connectivity index (χ1v) is 7.90. The SMILES string of the molecule is CCN(Cc1ccc(-c2noc(C(F)(F)F)n2)cc1)C(=O)C1OCCO1. The fourth-order valence-corrected chi connectivity index (χ4v) is 2.43. The minimum absolute atomic E-state index is 0.153. The number of hydrogen-bond acceptors (Lipinski definition) is 6. The Bertz CT molecular complexity index is 755. The zero-order valence-electron chi connectivity index (χ0n) is 13.8. The van der Waals surface area contributed by atoms with Gasteiger partial charge in [0, 0.05) is 18.7 Å². The van der Waals surface area contributed by atoms with Gasteiger partial charge in [0.1, 0.15) is 0 Å². The van der Waals surface area contributed by atoms with Crippen molar-refractivity contribution in [2.45, 2.75) is 25.9 Å². The fraction of sp³-hybridized carbons (Fsp3) is 0.438. The van der Waals surface area contributed by atoms with Gasteiger partial charge < -0.3 is 18.9 Å². The lowest BCUT2D eigenvalue weighted by molar-refractivity contribution is -0.159. The molecule has 0 atom stereocenters. The number of rotatable bonds is 5. The van der Waals surface area contributed by atoms with Gasteiger partial charge in [0.15, 0.2) is 0 Å². The van der Waals surface area contributed by atoms with E-state index in [2.05, 4.69) is 14.7 Å². The molecule has 1 fully saturated rings. The molecule has 1 aromatic carbocycles. The predicted octanol–water partition coefficient (Wildman–Crippen LogP) is 2.48. The van der Waals surface area contributed by atoms with E-state index in [0.717, 1.165) is 5.56 Å². The summed E-state index contributed by atoms with van der Waals surface area (Å²) in [6.45, 7) is 3.38. The van der Waals surface area contributed by atoms with Crippen molar-refractivity contribution < 1.29 is 32.0 Å². The van der Waals surface area contributed by atoms with Gasteiger partial charge in [-0.2, -0.15) is 18.2 Å². The summed E-state index contributed by atoms with van der Waals surface area (Å²) >= 11 is 0. The summed E-state index contributed by atoms with van der Waals surface area (Å²) < 4.78 is 52.2. The number of halogens is 3. The van der Waals surface area contributed by atoms with Gasteiger partial charge in [-0.15, -0.1) is 0 Å². The van der Waals surface area contributed by atoms with Gasteiger partial charge in [-0.05, 0) is 12.5 Å². The molecule has 3 rings (SSSR count). The number of nitrogens with zero attached hydrogens (tertiary/aromatic N) is 3. The normalized spacial score (nSPS) is 15.4. The maximum atomic E-state index is 12.5. The Kier molecular flexibility index (Phi) is 5.23. The number of hydrogen-bond donors (Lipinski definition) is 0. The molecule has 1 aromatic heterocycles. The van der Waals surface area contributed by atoms with Crippen LogP contribution in [0.5, 0.6) is 0 Å². The summed E-state index contributed by atoms with van der Waals surface area (Å²) in [5.74, 6) is -1.81. The van der Waals surface area contributed by atoms with Gasteiger partial charge in [-0.25, -0.2) is 0 Å². The summed E-state index contributed by atoms with van der Waals surface area (Å²) in [4.78, 5) is 17.2. The number of alkyl halides is 3. The molecular weight excluding hydrogens is 355 g/mol. The number of likely N-dealkylation sites (N-methyl/N-ethyl adjacent to an activating group) is 1. The van der Waals surface area contributed by atoms with Crippen LogP contribution in [0.1, 0.15) is 18.4 Å². The van der Waals surface area contributed by atoms with E-state index in [1.165, 1.54) is 0 Å². The number of aromatic nitrogens is 2. The highest BCUT2D eigenvalue weighted by Crippen LogP contribution is 2.29. The maximum Gasteiger partial charge on any atom is 0.471 e. The third kappa shape index (κ3) is 4.02. The Balaban J connectivity index is 1.68. The largest absolute Gasteiger partial charge is 0.471 e. The summed E-state index contributed by atoms with van der Waals surface area (Å²) in [6.07, 6.45) is -5.56. The molecule has 7 nitrogen and oxygen atoms in total. The van der Waals surface area contributed by atoms with Gasteiger partial charge in [-0.3, -0.25) is 4.79 Å². The van der Waals surface area contributed by atoms with Crippen molar-refractivity contribution in [1.82, 2.24) is 15.0 Å². The molecule has 0 saturated carbocycles. The molecule has 1 aliphatic heterocycles. The Morgan fingerprint density at radius 1 is 1.23 bits per heavy atom. The maximum absolute atomic E-state index is 12.5. The molecule has 0 aliphatic carbocycles. The van der Waals surface area contributed by atoms with Gasteiger partial charge in [0.2, 0.25) is 12.1 Å². The Labute approximate surface area is 146 Å². The lowest BCUT2D eigenvalue weighted by Crippen LogP contribution is -2.39. The molecule has 2 heterocycles. The third-order valence-corrected chi connectivity index (χ3v) is 3.77. The second kappa shape index (κ2) is 7.42. The zero-order valence-corrected chi connectivity index (χ0v) is 13.8. The number of benzene rings is 1. The Morgan fingerprint density at radius 3 is 2.42 bits per heavy atom. The van der Waals surface area contributed by atoms with E-state index in [4.69, 9.17) is 9.47 Å². The van der Waals surface area contributed by atoms with Crippen LogP contribution in [0, 0.1) is 0 Å². The number of carbonyl (C=O) groups is 1. The van der Waals surface area contributed by atoms with Crippen LogP contribution in [-0.4, -0.2) is 47.0 Å². The second-order valence-corrected chi connectivity index (χ2v) is 5.54.